The van der Waals surface area contributed by atoms with Gasteiger partial charge in [0.05, 0.1) is 0 Å². The number of benzene rings is 1. The number of allylic oxidation sites excluding steroid dienone is 1. The number of nitrogens with two attached hydrogens (primary N) is 1. The van der Waals surface area contributed by atoms with Gasteiger partial charge in [-0.2, -0.15) is 0 Å². The van der Waals surface area contributed by atoms with E-state index in [4.69, 9.17) is 5.73 Å². The van der Waals surface area contributed by atoms with Gasteiger partial charge >= 0.3 is 0 Å². The van der Waals surface area contributed by atoms with Crippen molar-refractivity contribution in [3.05, 3.63) is 41.1 Å². The van der Waals surface area contributed by atoms with Crippen molar-refractivity contribution >= 4 is 0 Å². The van der Waals surface area contributed by atoms with Crippen LogP contribution in [0.5, 0.6) is 5.75 Å². The van der Waals surface area contributed by atoms with Gasteiger partial charge in [-0.25, -0.2) is 0 Å². The smallest absolute Gasteiger partial charge is 0.123 e. The first-order valence-corrected chi connectivity index (χ1v) is 10.0. The Kier molecular flexibility index (Phi) is 8.69. The highest BCUT2D eigenvalue weighted by Crippen LogP contribution is 2.39. The maximum Gasteiger partial charge on any atom is 0.123 e. The predicted octanol–water partition coefficient (Wildman–Crippen LogP) is 5.15. The van der Waals surface area contributed by atoms with Crippen LogP contribution in [0.2, 0.25) is 0 Å². The van der Waals surface area contributed by atoms with Crippen molar-refractivity contribution in [3.8, 4) is 5.75 Å². The van der Waals surface area contributed by atoms with E-state index in [0.29, 0.717) is 5.75 Å². The zero-order valence-electron chi connectivity index (χ0n) is 17.8. The summed E-state index contributed by atoms with van der Waals surface area (Å²) in [4.78, 5) is 0. The van der Waals surface area contributed by atoms with Crippen molar-refractivity contribution in [2.75, 3.05) is 13.1 Å². The molecule has 0 heterocycles. The Hall–Kier alpha value is -1.48. The quantitative estimate of drug-likeness (QED) is 0.534. The molecule has 0 radical (unpaired) electrons. The van der Waals surface area contributed by atoms with Gasteiger partial charge in [0, 0.05) is 6.54 Å². The molecule has 0 saturated heterocycles. The van der Waals surface area contributed by atoms with E-state index in [1.807, 2.05) is 0 Å². The first-order chi connectivity index (χ1) is 12.1. The topological polar surface area (TPSA) is 58.3 Å². The van der Waals surface area contributed by atoms with Crippen LogP contribution in [0, 0.1) is 0 Å². The number of nitrogens with one attached hydrogen (secondary N) is 1. The first kappa shape index (κ1) is 22.6. The molecule has 0 bridgehead atoms. The molecule has 0 spiro atoms. The molecule has 1 aromatic carbocycles. The Morgan fingerprint density at radius 2 is 1.46 bits per heavy atom. The lowest BCUT2D eigenvalue weighted by Crippen LogP contribution is -2.17. The Balaban J connectivity index is 2.73. The average molecular weight is 361 g/mol. The molecule has 1 aromatic rings. The molecule has 0 atom stereocenters. The lowest BCUT2D eigenvalue weighted by Gasteiger charge is -2.28. The fourth-order valence-corrected chi connectivity index (χ4v) is 3.04. The van der Waals surface area contributed by atoms with Gasteiger partial charge in [-0.15, -0.1) is 0 Å². The van der Waals surface area contributed by atoms with Gasteiger partial charge < -0.3 is 16.2 Å². The fraction of sp³-hybridized carbons (Fsp3) is 0.652. The standard InChI is InChI=1S/C23H40N2O/c1-22(2,3)19-16-18(17-20(21(19)26)23(4,5)6)12-11-15-25-14-10-8-7-9-13-24/h11,15-17,25-26H,7-10,12-14,24H2,1-6H3. The van der Waals surface area contributed by atoms with Gasteiger partial charge in [0.1, 0.15) is 5.75 Å². The molecule has 0 saturated carbocycles. The summed E-state index contributed by atoms with van der Waals surface area (Å²) >= 11 is 0. The molecule has 0 aliphatic heterocycles. The molecule has 0 unspecified atom stereocenters. The van der Waals surface area contributed by atoms with E-state index in [9.17, 15) is 5.11 Å². The van der Waals surface area contributed by atoms with Crippen LogP contribution in [0.1, 0.15) is 83.9 Å². The maximum absolute atomic E-state index is 10.8. The van der Waals surface area contributed by atoms with E-state index in [1.165, 1.54) is 24.8 Å². The third-order valence-corrected chi connectivity index (χ3v) is 4.65. The highest BCUT2D eigenvalue weighted by molar-refractivity contribution is 5.50. The molecular formula is C23H40N2O. The lowest BCUT2D eigenvalue weighted by molar-refractivity contribution is 0.423. The number of hydrogen-bond donors (Lipinski definition) is 3. The second-order valence-electron chi connectivity index (χ2n) is 9.30. The monoisotopic (exact) mass is 360 g/mol. The largest absolute Gasteiger partial charge is 0.507 e. The zero-order valence-corrected chi connectivity index (χ0v) is 17.8. The molecule has 1 rings (SSSR count). The number of hydrogen-bond acceptors (Lipinski definition) is 3. The highest BCUT2D eigenvalue weighted by atomic mass is 16.3. The Bertz CT molecular complexity index is 542. The third-order valence-electron chi connectivity index (χ3n) is 4.65. The molecule has 0 aromatic heterocycles. The SMILES string of the molecule is CC(C)(C)c1cc(CC=CNCCCCCCN)cc(C(C)(C)C)c1O. The van der Waals surface area contributed by atoms with Crippen LogP contribution in [0.3, 0.4) is 0 Å². The van der Waals surface area contributed by atoms with Crippen molar-refractivity contribution in [3.63, 3.8) is 0 Å². The molecule has 3 heteroatoms. The van der Waals surface area contributed by atoms with Gasteiger partial charge in [0.2, 0.25) is 0 Å². The van der Waals surface area contributed by atoms with Crippen molar-refractivity contribution in [2.24, 2.45) is 5.73 Å². The zero-order chi connectivity index (χ0) is 19.8. The van der Waals surface area contributed by atoms with E-state index in [-0.39, 0.29) is 10.8 Å². The minimum Gasteiger partial charge on any atom is -0.507 e. The normalized spacial score (nSPS) is 12.7. The predicted molar refractivity (Wildman–Crippen MR) is 114 cm³/mol. The van der Waals surface area contributed by atoms with Crippen LogP contribution >= 0.6 is 0 Å². The Morgan fingerprint density at radius 3 is 1.96 bits per heavy atom. The minimum atomic E-state index is -0.0778. The summed E-state index contributed by atoms with van der Waals surface area (Å²) in [5.41, 5.74) is 8.66. The van der Waals surface area contributed by atoms with Crippen LogP contribution in [0.4, 0.5) is 0 Å². The molecule has 4 N–H and O–H groups in total. The van der Waals surface area contributed by atoms with Crippen molar-refractivity contribution in [1.82, 2.24) is 5.32 Å². The summed E-state index contributed by atoms with van der Waals surface area (Å²) in [5, 5.41) is 14.1. The Morgan fingerprint density at radius 1 is 0.923 bits per heavy atom. The summed E-state index contributed by atoms with van der Waals surface area (Å²) in [6.07, 6.45) is 9.87. The van der Waals surface area contributed by atoms with E-state index in [1.54, 1.807) is 0 Å². The van der Waals surface area contributed by atoms with Crippen LogP contribution in [-0.2, 0) is 17.3 Å². The number of aromatic hydroxyl groups is 1. The van der Waals surface area contributed by atoms with Crippen LogP contribution in [0.15, 0.2) is 24.4 Å². The van der Waals surface area contributed by atoms with E-state index in [2.05, 4.69) is 71.3 Å². The number of rotatable bonds is 9. The minimum absolute atomic E-state index is 0.0778. The maximum atomic E-state index is 10.8. The lowest BCUT2D eigenvalue weighted by atomic mass is 9.78. The van der Waals surface area contributed by atoms with Crippen LogP contribution < -0.4 is 11.1 Å². The molecule has 3 nitrogen and oxygen atoms in total. The summed E-state index contributed by atoms with van der Waals surface area (Å²) in [6, 6.07) is 4.31. The van der Waals surface area contributed by atoms with Gasteiger partial charge in [-0.3, -0.25) is 0 Å². The summed E-state index contributed by atoms with van der Waals surface area (Å²) in [6.45, 7) is 14.7. The molecule has 26 heavy (non-hydrogen) atoms. The van der Waals surface area contributed by atoms with Crippen molar-refractivity contribution in [2.45, 2.75) is 84.5 Å². The van der Waals surface area contributed by atoms with E-state index in [0.717, 1.165) is 37.1 Å². The number of unbranched alkanes of at least 4 members (excludes halogenated alkanes) is 3. The number of phenolic OH excluding ortho intramolecular Hbond substituents is 1. The van der Waals surface area contributed by atoms with Gasteiger partial charge in [0.15, 0.2) is 0 Å². The molecule has 0 amide bonds. The van der Waals surface area contributed by atoms with Gasteiger partial charge in [0.25, 0.3) is 0 Å². The second-order valence-corrected chi connectivity index (χ2v) is 9.30. The molecule has 148 valence electrons. The summed E-state index contributed by atoms with van der Waals surface area (Å²) < 4.78 is 0. The average Bonchev–Trinajstić information content (AvgIpc) is 2.52. The molecule has 0 aliphatic carbocycles. The van der Waals surface area contributed by atoms with Crippen molar-refractivity contribution in [1.29, 1.82) is 0 Å². The number of phenols is 1. The highest BCUT2D eigenvalue weighted by Gasteiger charge is 2.26. The first-order valence-electron chi connectivity index (χ1n) is 10.0. The van der Waals surface area contributed by atoms with Crippen molar-refractivity contribution < 1.29 is 5.11 Å². The molecule has 0 aliphatic rings. The van der Waals surface area contributed by atoms with Gasteiger partial charge in [-0.1, -0.05) is 72.6 Å². The Labute approximate surface area is 161 Å². The van der Waals surface area contributed by atoms with Gasteiger partial charge in [-0.05, 0) is 59.5 Å². The molecular weight excluding hydrogens is 320 g/mol. The van der Waals surface area contributed by atoms with E-state index >= 15 is 0 Å². The third kappa shape index (κ3) is 7.41. The summed E-state index contributed by atoms with van der Waals surface area (Å²) in [7, 11) is 0. The van der Waals surface area contributed by atoms with Crippen LogP contribution in [-0.4, -0.2) is 18.2 Å². The fourth-order valence-electron chi connectivity index (χ4n) is 3.04. The summed E-state index contributed by atoms with van der Waals surface area (Å²) in [5.74, 6) is 0.452. The van der Waals surface area contributed by atoms with Crippen LogP contribution in [0.25, 0.3) is 0 Å². The second kappa shape index (κ2) is 10.0. The van der Waals surface area contributed by atoms with E-state index < -0.39 is 0 Å². The molecule has 0 fully saturated rings.